The maximum atomic E-state index is 12.1. The van der Waals surface area contributed by atoms with E-state index < -0.39 is 5.97 Å². The number of aryl methyl sites for hydroxylation is 1. The van der Waals surface area contributed by atoms with E-state index in [-0.39, 0.29) is 5.91 Å². The van der Waals surface area contributed by atoms with Crippen molar-refractivity contribution in [3.63, 3.8) is 0 Å². The van der Waals surface area contributed by atoms with Crippen LogP contribution in [0.5, 0.6) is 0 Å². The molecule has 1 aliphatic heterocycles. The Morgan fingerprint density at radius 1 is 1.41 bits per heavy atom. The molecule has 2 aromatic rings. The largest absolute Gasteiger partial charge is 0.463 e. The third-order valence-corrected chi connectivity index (χ3v) is 5.69. The van der Waals surface area contributed by atoms with Gasteiger partial charge in [0.25, 0.3) is 0 Å². The summed E-state index contributed by atoms with van der Waals surface area (Å²) in [7, 11) is 0. The molecule has 142 valence electrons. The Morgan fingerprint density at radius 2 is 2.22 bits per heavy atom. The van der Waals surface area contributed by atoms with Gasteiger partial charge in [0.1, 0.15) is 0 Å². The molecule has 0 aliphatic carbocycles. The van der Waals surface area contributed by atoms with Crippen LogP contribution in [-0.2, 0) is 14.3 Å². The number of hydrogen-bond donors (Lipinski definition) is 0. The maximum absolute atomic E-state index is 12.1. The van der Waals surface area contributed by atoms with Gasteiger partial charge < -0.3 is 9.64 Å². The smallest absolute Gasteiger partial charge is 0.333 e. The molecule has 27 heavy (non-hydrogen) atoms. The lowest BCUT2D eigenvalue weighted by atomic mass is 10.2. The summed E-state index contributed by atoms with van der Waals surface area (Å²) in [5.74, 6) is 0.473. The molecule has 0 atom stereocenters. The van der Waals surface area contributed by atoms with E-state index in [1.165, 1.54) is 29.6 Å². The maximum Gasteiger partial charge on any atom is 0.333 e. The molecule has 1 amide bonds. The lowest BCUT2D eigenvalue weighted by Crippen LogP contribution is -2.27. The molecule has 1 aliphatic rings. The first-order valence-electron chi connectivity index (χ1n) is 8.39. The predicted octanol–water partition coefficient (Wildman–Crippen LogP) is 2.04. The number of benzene rings is 1. The molecule has 10 heteroatoms. The minimum absolute atomic E-state index is 0.0188. The number of carbonyl (C=O) groups excluding carboxylic acids is 2. The number of rotatable bonds is 7. The SMILES string of the molecule is CCOC(=O)/C=C1\SCC(=O)N1CCSc1nnnn1-c1ccccc1C. The Balaban J connectivity index is 1.65. The first kappa shape index (κ1) is 19.4. The number of thioether (sulfide) groups is 2. The number of carbonyl (C=O) groups is 2. The van der Waals surface area contributed by atoms with Crippen molar-refractivity contribution in [1.29, 1.82) is 0 Å². The van der Waals surface area contributed by atoms with Crippen molar-refractivity contribution in [2.75, 3.05) is 24.7 Å². The minimum atomic E-state index is -0.434. The Labute approximate surface area is 165 Å². The van der Waals surface area contributed by atoms with Crippen molar-refractivity contribution in [2.24, 2.45) is 0 Å². The van der Waals surface area contributed by atoms with E-state index in [9.17, 15) is 9.59 Å². The van der Waals surface area contributed by atoms with E-state index in [0.717, 1.165) is 11.3 Å². The average molecular weight is 406 g/mol. The second kappa shape index (κ2) is 9.05. The van der Waals surface area contributed by atoms with Crippen LogP contribution in [0.1, 0.15) is 12.5 Å². The first-order valence-corrected chi connectivity index (χ1v) is 10.4. The van der Waals surface area contributed by atoms with Crippen LogP contribution in [0.25, 0.3) is 5.69 Å². The molecular weight excluding hydrogens is 386 g/mol. The van der Waals surface area contributed by atoms with Gasteiger partial charge in [-0.3, -0.25) is 4.79 Å². The number of para-hydroxylation sites is 1. The fourth-order valence-electron chi connectivity index (χ4n) is 2.50. The summed E-state index contributed by atoms with van der Waals surface area (Å²) in [5, 5.41) is 13.2. The van der Waals surface area contributed by atoms with Crippen LogP contribution in [0.3, 0.4) is 0 Å². The van der Waals surface area contributed by atoms with Crippen LogP contribution in [0, 0.1) is 6.92 Å². The van der Waals surface area contributed by atoms with Crippen molar-refractivity contribution in [1.82, 2.24) is 25.1 Å². The number of tetrazole rings is 1. The second-order valence-corrected chi connectivity index (χ2v) is 7.63. The molecule has 0 N–H and O–H groups in total. The Bertz CT molecular complexity index is 868. The average Bonchev–Trinajstić information content (AvgIpc) is 3.24. The van der Waals surface area contributed by atoms with E-state index in [1.54, 1.807) is 16.5 Å². The quantitative estimate of drug-likeness (QED) is 0.393. The van der Waals surface area contributed by atoms with Crippen molar-refractivity contribution >= 4 is 35.4 Å². The summed E-state index contributed by atoms with van der Waals surface area (Å²) in [5.41, 5.74) is 1.98. The third kappa shape index (κ3) is 4.69. The minimum Gasteiger partial charge on any atom is -0.463 e. The number of esters is 1. The number of ether oxygens (including phenoxy) is 1. The number of aromatic nitrogens is 4. The summed E-state index contributed by atoms with van der Waals surface area (Å²) in [6, 6.07) is 7.85. The Kier molecular flexibility index (Phi) is 6.51. The molecular formula is C17H19N5O3S2. The summed E-state index contributed by atoms with van der Waals surface area (Å²) >= 11 is 2.80. The first-order chi connectivity index (χ1) is 13.1. The Hall–Kier alpha value is -2.33. The molecule has 1 aromatic heterocycles. The molecule has 8 nitrogen and oxygen atoms in total. The van der Waals surface area contributed by atoms with E-state index in [4.69, 9.17) is 4.74 Å². The van der Waals surface area contributed by atoms with Gasteiger partial charge >= 0.3 is 5.97 Å². The normalized spacial score (nSPS) is 15.6. The second-order valence-electron chi connectivity index (χ2n) is 5.58. The van der Waals surface area contributed by atoms with Gasteiger partial charge in [-0.2, -0.15) is 4.68 Å². The van der Waals surface area contributed by atoms with Crippen LogP contribution in [0.15, 0.2) is 40.5 Å². The number of nitrogens with zero attached hydrogens (tertiary/aromatic N) is 5. The van der Waals surface area contributed by atoms with Gasteiger partial charge in [-0.15, -0.1) is 5.10 Å². The van der Waals surface area contributed by atoms with E-state index >= 15 is 0 Å². The molecule has 0 saturated carbocycles. The molecule has 0 bridgehead atoms. The predicted molar refractivity (Wildman–Crippen MR) is 104 cm³/mol. The highest BCUT2D eigenvalue weighted by atomic mass is 32.2. The van der Waals surface area contributed by atoms with Crippen LogP contribution < -0.4 is 0 Å². The lowest BCUT2D eigenvalue weighted by Gasteiger charge is -2.16. The highest BCUT2D eigenvalue weighted by Gasteiger charge is 2.27. The summed E-state index contributed by atoms with van der Waals surface area (Å²) < 4.78 is 6.62. The van der Waals surface area contributed by atoms with E-state index in [2.05, 4.69) is 15.5 Å². The molecule has 1 aromatic carbocycles. The molecule has 3 rings (SSSR count). The molecule has 1 fully saturated rings. The highest BCUT2D eigenvalue weighted by molar-refractivity contribution is 8.04. The van der Waals surface area contributed by atoms with Crippen molar-refractivity contribution in [2.45, 2.75) is 19.0 Å². The highest BCUT2D eigenvalue weighted by Crippen LogP contribution is 2.29. The number of amides is 1. The zero-order valence-corrected chi connectivity index (χ0v) is 16.6. The molecule has 0 unspecified atom stereocenters. The van der Waals surface area contributed by atoms with Gasteiger partial charge in [-0.1, -0.05) is 41.7 Å². The lowest BCUT2D eigenvalue weighted by molar-refractivity contribution is -0.137. The van der Waals surface area contributed by atoms with Gasteiger partial charge in [0, 0.05) is 12.3 Å². The Morgan fingerprint density at radius 3 is 3.00 bits per heavy atom. The number of hydrogen-bond acceptors (Lipinski definition) is 8. The zero-order valence-electron chi connectivity index (χ0n) is 15.0. The molecule has 1 saturated heterocycles. The molecule has 0 spiro atoms. The topological polar surface area (TPSA) is 90.2 Å². The van der Waals surface area contributed by atoms with Crippen molar-refractivity contribution < 1.29 is 14.3 Å². The van der Waals surface area contributed by atoms with Gasteiger partial charge in [0.2, 0.25) is 11.1 Å². The molecule has 0 radical (unpaired) electrons. The fourth-order valence-corrected chi connectivity index (χ4v) is 4.27. The van der Waals surface area contributed by atoms with Crippen LogP contribution in [0.4, 0.5) is 0 Å². The van der Waals surface area contributed by atoms with Crippen LogP contribution >= 0.6 is 23.5 Å². The molecule has 2 heterocycles. The monoisotopic (exact) mass is 405 g/mol. The summed E-state index contributed by atoms with van der Waals surface area (Å²) in [6.07, 6.45) is 1.38. The standard InChI is InChI=1S/C17H19N5O3S2/c1-3-25-16(24)10-15-21(14(23)11-27-15)8-9-26-17-18-19-20-22(17)13-7-5-4-6-12(13)2/h4-7,10H,3,8-9,11H2,1-2H3/b15-10-. The summed E-state index contributed by atoms with van der Waals surface area (Å²) in [6.45, 7) is 4.51. The van der Waals surface area contributed by atoms with Crippen molar-refractivity contribution in [3.8, 4) is 5.69 Å². The fraction of sp³-hybridized carbons (Fsp3) is 0.353. The van der Waals surface area contributed by atoms with Gasteiger partial charge in [-0.05, 0) is 35.9 Å². The van der Waals surface area contributed by atoms with Crippen LogP contribution in [0.2, 0.25) is 0 Å². The third-order valence-electron chi connectivity index (χ3n) is 3.77. The van der Waals surface area contributed by atoms with Crippen molar-refractivity contribution in [3.05, 3.63) is 40.9 Å². The van der Waals surface area contributed by atoms with Gasteiger partial charge in [0.15, 0.2) is 0 Å². The van der Waals surface area contributed by atoms with Gasteiger partial charge in [-0.25, -0.2) is 4.79 Å². The van der Waals surface area contributed by atoms with E-state index in [1.807, 2.05) is 31.2 Å². The summed E-state index contributed by atoms with van der Waals surface area (Å²) in [4.78, 5) is 25.4. The zero-order chi connectivity index (χ0) is 19.2. The van der Waals surface area contributed by atoms with Crippen LogP contribution in [-0.4, -0.2) is 61.6 Å². The van der Waals surface area contributed by atoms with E-state index in [0.29, 0.717) is 34.8 Å². The van der Waals surface area contributed by atoms with Gasteiger partial charge in [0.05, 0.1) is 29.2 Å².